The van der Waals surface area contributed by atoms with E-state index in [1.807, 2.05) is 22.8 Å². The number of aromatic amines is 1. The topological polar surface area (TPSA) is 50.3 Å². The number of nitrogens with one attached hydrogen (secondary N) is 1. The molecule has 0 radical (unpaired) electrons. The summed E-state index contributed by atoms with van der Waals surface area (Å²) in [6.45, 7) is 1.87. The highest BCUT2D eigenvalue weighted by atomic mass is 16.5. The van der Waals surface area contributed by atoms with Crippen molar-refractivity contribution >= 4 is 11.0 Å². The molecule has 2 aromatic rings. The Morgan fingerprint density at radius 2 is 2.32 bits per heavy atom. The Hall–Kier alpha value is -1.75. The van der Waals surface area contributed by atoms with Crippen LogP contribution in [0.3, 0.4) is 0 Å². The van der Waals surface area contributed by atoms with Gasteiger partial charge in [-0.2, -0.15) is 0 Å². The van der Waals surface area contributed by atoms with Crippen molar-refractivity contribution < 1.29 is 4.74 Å². The summed E-state index contributed by atoms with van der Waals surface area (Å²) < 4.78 is 7.02. The molecule has 1 aliphatic rings. The molecular formula is C14H19N3O2. The predicted molar refractivity (Wildman–Crippen MR) is 74.8 cm³/mol. The van der Waals surface area contributed by atoms with Crippen LogP contribution in [0.5, 0.6) is 5.75 Å². The molecule has 1 saturated heterocycles. The number of ether oxygens (including phenoxy) is 1. The number of likely N-dealkylation sites (N-methyl/N-ethyl adjacent to an activating group) is 1. The third-order valence-electron chi connectivity index (χ3n) is 4.05. The Labute approximate surface area is 111 Å². The number of likely N-dealkylation sites (tertiary alicyclic amines) is 1. The van der Waals surface area contributed by atoms with E-state index in [0.717, 1.165) is 36.3 Å². The van der Waals surface area contributed by atoms with Gasteiger partial charge in [0.2, 0.25) is 0 Å². The maximum atomic E-state index is 12.1. The van der Waals surface area contributed by atoms with Crippen molar-refractivity contribution in [3.8, 4) is 5.75 Å². The molecule has 0 saturated carbocycles. The molecule has 102 valence electrons. The molecule has 1 atom stereocenters. The summed E-state index contributed by atoms with van der Waals surface area (Å²) in [7, 11) is 3.75. The number of rotatable bonds is 3. The molecular weight excluding hydrogens is 242 g/mol. The molecule has 1 aromatic heterocycles. The Morgan fingerprint density at radius 1 is 1.47 bits per heavy atom. The van der Waals surface area contributed by atoms with Crippen LogP contribution in [0.1, 0.15) is 12.8 Å². The van der Waals surface area contributed by atoms with Crippen LogP contribution in [0, 0.1) is 0 Å². The fourth-order valence-corrected chi connectivity index (χ4v) is 2.87. The maximum Gasteiger partial charge on any atom is 0.326 e. The van der Waals surface area contributed by atoms with Crippen LogP contribution < -0.4 is 10.4 Å². The number of methoxy groups -OCH3 is 1. The first kappa shape index (κ1) is 12.3. The lowest BCUT2D eigenvalue weighted by Crippen LogP contribution is -2.32. The van der Waals surface area contributed by atoms with Gasteiger partial charge in [-0.05, 0) is 38.6 Å². The molecule has 0 aliphatic carbocycles. The van der Waals surface area contributed by atoms with Crippen LogP contribution in [-0.2, 0) is 6.54 Å². The van der Waals surface area contributed by atoms with Crippen LogP contribution in [0.25, 0.3) is 11.0 Å². The molecule has 0 spiro atoms. The molecule has 0 bridgehead atoms. The first-order valence-electron chi connectivity index (χ1n) is 6.66. The minimum absolute atomic E-state index is 0.0384. The first-order chi connectivity index (χ1) is 9.19. The molecule has 0 amide bonds. The van der Waals surface area contributed by atoms with Gasteiger partial charge in [0.05, 0.1) is 18.1 Å². The number of benzene rings is 1. The Bertz CT molecular complexity index is 644. The van der Waals surface area contributed by atoms with E-state index in [1.54, 1.807) is 7.11 Å². The summed E-state index contributed by atoms with van der Waals surface area (Å²) in [5.41, 5.74) is 1.75. The van der Waals surface area contributed by atoms with E-state index >= 15 is 0 Å². The zero-order chi connectivity index (χ0) is 13.4. The van der Waals surface area contributed by atoms with E-state index < -0.39 is 0 Å². The van der Waals surface area contributed by atoms with E-state index in [1.165, 1.54) is 6.42 Å². The summed E-state index contributed by atoms with van der Waals surface area (Å²) in [6, 6.07) is 6.16. The maximum absolute atomic E-state index is 12.1. The molecule has 1 N–H and O–H groups in total. The van der Waals surface area contributed by atoms with Gasteiger partial charge in [-0.25, -0.2) is 4.79 Å². The second-order valence-electron chi connectivity index (χ2n) is 5.20. The molecule has 1 aliphatic heterocycles. The summed E-state index contributed by atoms with van der Waals surface area (Å²) in [5, 5.41) is 0. The van der Waals surface area contributed by atoms with Crippen molar-refractivity contribution in [1.29, 1.82) is 0 Å². The average molecular weight is 261 g/mol. The third-order valence-corrected chi connectivity index (χ3v) is 4.05. The molecule has 19 heavy (non-hydrogen) atoms. The number of imidazole rings is 1. The fourth-order valence-electron chi connectivity index (χ4n) is 2.87. The van der Waals surface area contributed by atoms with E-state index in [2.05, 4.69) is 16.9 Å². The SMILES string of the molecule is COc1ccc2c(c1)[nH]c(=O)n2CC1CCCN1C. The smallest absolute Gasteiger partial charge is 0.326 e. The fraction of sp³-hybridized carbons (Fsp3) is 0.500. The van der Waals surface area contributed by atoms with Crippen molar-refractivity contribution in [2.24, 2.45) is 0 Å². The van der Waals surface area contributed by atoms with E-state index in [4.69, 9.17) is 4.74 Å². The molecule has 5 heteroatoms. The number of fused-ring (bicyclic) bond motifs is 1. The lowest BCUT2D eigenvalue weighted by molar-refractivity contribution is 0.282. The van der Waals surface area contributed by atoms with Crippen molar-refractivity contribution in [2.45, 2.75) is 25.4 Å². The second-order valence-corrected chi connectivity index (χ2v) is 5.20. The van der Waals surface area contributed by atoms with Crippen LogP contribution >= 0.6 is 0 Å². The van der Waals surface area contributed by atoms with Gasteiger partial charge in [0.15, 0.2) is 0 Å². The van der Waals surface area contributed by atoms with Gasteiger partial charge in [0.1, 0.15) is 5.75 Å². The summed E-state index contributed by atoms with van der Waals surface area (Å²) in [4.78, 5) is 17.3. The van der Waals surface area contributed by atoms with E-state index in [-0.39, 0.29) is 5.69 Å². The standard InChI is InChI=1S/C14H19N3O2/c1-16-7-3-4-10(16)9-17-13-6-5-11(19-2)8-12(13)15-14(17)18/h5-6,8,10H,3-4,7,9H2,1-2H3,(H,15,18). The zero-order valence-electron chi connectivity index (χ0n) is 11.3. The summed E-state index contributed by atoms with van der Waals surface area (Å²) in [6.07, 6.45) is 2.37. The minimum atomic E-state index is -0.0384. The van der Waals surface area contributed by atoms with E-state index in [0.29, 0.717) is 6.04 Å². The monoisotopic (exact) mass is 261 g/mol. The highest BCUT2D eigenvalue weighted by Crippen LogP contribution is 2.21. The van der Waals surface area contributed by atoms with Crippen LogP contribution in [-0.4, -0.2) is 41.2 Å². The molecule has 5 nitrogen and oxygen atoms in total. The van der Waals surface area contributed by atoms with Crippen molar-refractivity contribution in [3.05, 3.63) is 28.7 Å². The lowest BCUT2D eigenvalue weighted by atomic mass is 10.2. The quantitative estimate of drug-likeness (QED) is 0.909. The van der Waals surface area contributed by atoms with E-state index in [9.17, 15) is 4.79 Å². The number of hydrogen-bond acceptors (Lipinski definition) is 3. The van der Waals surface area contributed by atoms with Crippen molar-refractivity contribution in [2.75, 3.05) is 20.7 Å². The molecule has 1 aromatic carbocycles. The normalized spacial score (nSPS) is 20.2. The number of H-pyrrole nitrogens is 1. The molecule has 2 heterocycles. The Kier molecular flexibility index (Phi) is 3.06. The Balaban J connectivity index is 1.98. The zero-order valence-corrected chi connectivity index (χ0v) is 11.3. The lowest BCUT2D eigenvalue weighted by Gasteiger charge is -2.19. The Morgan fingerprint density at radius 3 is 3.00 bits per heavy atom. The summed E-state index contributed by atoms with van der Waals surface area (Å²) in [5.74, 6) is 0.763. The molecule has 3 rings (SSSR count). The van der Waals surface area contributed by atoms with Gasteiger partial charge in [-0.15, -0.1) is 0 Å². The first-order valence-corrected chi connectivity index (χ1v) is 6.66. The largest absolute Gasteiger partial charge is 0.497 e. The minimum Gasteiger partial charge on any atom is -0.497 e. The van der Waals surface area contributed by atoms with Crippen LogP contribution in [0.4, 0.5) is 0 Å². The summed E-state index contributed by atoms with van der Waals surface area (Å²) >= 11 is 0. The van der Waals surface area contributed by atoms with Gasteiger partial charge < -0.3 is 14.6 Å². The van der Waals surface area contributed by atoms with Gasteiger partial charge >= 0.3 is 5.69 Å². The van der Waals surface area contributed by atoms with Gasteiger partial charge in [-0.1, -0.05) is 0 Å². The second kappa shape index (κ2) is 4.74. The number of aromatic nitrogens is 2. The predicted octanol–water partition coefficient (Wildman–Crippen LogP) is 1.43. The van der Waals surface area contributed by atoms with Gasteiger partial charge in [0.25, 0.3) is 0 Å². The highest BCUT2D eigenvalue weighted by molar-refractivity contribution is 5.76. The van der Waals surface area contributed by atoms with Gasteiger partial charge in [-0.3, -0.25) is 4.57 Å². The highest BCUT2D eigenvalue weighted by Gasteiger charge is 2.22. The average Bonchev–Trinajstić information content (AvgIpc) is 2.94. The third kappa shape index (κ3) is 2.14. The van der Waals surface area contributed by atoms with Crippen molar-refractivity contribution in [1.82, 2.24) is 14.5 Å². The van der Waals surface area contributed by atoms with Crippen molar-refractivity contribution in [3.63, 3.8) is 0 Å². The van der Waals surface area contributed by atoms with Gasteiger partial charge in [0, 0.05) is 18.7 Å². The molecule has 1 unspecified atom stereocenters. The van der Waals surface area contributed by atoms with Crippen LogP contribution in [0.2, 0.25) is 0 Å². The number of nitrogens with zero attached hydrogens (tertiary/aromatic N) is 2. The van der Waals surface area contributed by atoms with Crippen LogP contribution in [0.15, 0.2) is 23.0 Å². The number of hydrogen-bond donors (Lipinski definition) is 1. The molecule has 1 fully saturated rings.